The third-order valence-electron chi connectivity index (χ3n) is 3.72. The first kappa shape index (κ1) is 10.3. The molecule has 1 aromatic carbocycles. The summed E-state index contributed by atoms with van der Waals surface area (Å²) in [5, 5.41) is 1.87. The van der Waals surface area contributed by atoms with Crippen LogP contribution < -0.4 is 4.72 Å². The number of aryl methyl sites for hydroxylation is 2. The summed E-state index contributed by atoms with van der Waals surface area (Å²) in [6.07, 6.45) is 7.70. The minimum absolute atomic E-state index is 1.25. The van der Waals surface area contributed by atoms with Crippen LogP contribution >= 0.6 is 11.9 Å². The maximum Gasteiger partial charge on any atom is 0.0512 e. The van der Waals surface area contributed by atoms with Crippen LogP contribution in [0.25, 0.3) is 0 Å². The van der Waals surface area contributed by atoms with Crippen molar-refractivity contribution in [1.29, 1.82) is 0 Å². The molecule has 0 atom stereocenters. The fourth-order valence-corrected chi connectivity index (χ4v) is 3.49. The SMILES string of the molecule is C=CSNc1c2c(cc3c1CCC3)CCC2. The van der Waals surface area contributed by atoms with Gasteiger partial charge in [-0.2, -0.15) is 0 Å². The van der Waals surface area contributed by atoms with Crippen LogP contribution in [0.2, 0.25) is 0 Å². The van der Waals surface area contributed by atoms with Crippen molar-refractivity contribution in [2.75, 3.05) is 4.72 Å². The van der Waals surface area contributed by atoms with E-state index in [-0.39, 0.29) is 0 Å². The summed E-state index contributed by atoms with van der Waals surface area (Å²) < 4.78 is 3.49. The lowest BCUT2D eigenvalue weighted by molar-refractivity contribution is 0.898. The van der Waals surface area contributed by atoms with Crippen LogP contribution in [0.5, 0.6) is 0 Å². The second kappa shape index (κ2) is 4.17. The van der Waals surface area contributed by atoms with Gasteiger partial charge in [-0.15, -0.1) is 0 Å². The Balaban J connectivity index is 2.08. The molecule has 1 N–H and O–H groups in total. The number of nitrogens with one attached hydrogen (secondary N) is 1. The van der Waals surface area contributed by atoms with Crippen molar-refractivity contribution in [2.45, 2.75) is 38.5 Å². The summed E-state index contributed by atoms with van der Waals surface area (Å²) in [5.41, 5.74) is 7.76. The van der Waals surface area contributed by atoms with Gasteiger partial charge in [0.15, 0.2) is 0 Å². The van der Waals surface area contributed by atoms with Crippen LogP contribution in [-0.2, 0) is 25.7 Å². The number of benzene rings is 1. The van der Waals surface area contributed by atoms with Gasteiger partial charge in [-0.25, -0.2) is 0 Å². The largest absolute Gasteiger partial charge is 0.326 e. The number of hydrogen-bond donors (Lipinski definition) is 1. The maximum absolute atomic E-state index is 3.76. The molecule has 84 valence electrons. The van der Waals surface area contributed by atoms with E-state index in [1.54, 1.807) is 34.2 Å². The highest BCUT2D eigenvalue weighted by Crippen LogP contribution is 2.39. The molecule has 1 aromatic rings. The molecular weight excluding hydrogens is 214 g/mol. The fraction of sp³-hybridized carbons (Fsp3) is 0.429. The minimum atomic E-state index is 1.25. The van der Waals surface area contributed by atoms with E-state index in [2.05, 4.69) is 17.4 Å². The lowest BCUT2D eigenvalue weighted by Gasteiger charge is -2.15. The van der Waals surface area contributed by atoms with Gasteiger partial charge in [-0.3, -0.25) is 0 Å². The van der Waals surface area contributed by atoms with Crippen molar-refractivity contribution in [3.8, 4) is 0 Å². The number of anilines is 1. The van der Waals surface area contributed by atoms with E-state index in [0.717, 1.165) is 0 Å². The molecule has 0 aliphatic heterocycles. The summed E-state index contributed by atoms with van der Waals surface area (Å²) in [7, 11) is 0. The second-order valence-electron chi connectivity index (χ2n) is 4.62. The third kappa shape index (κ3) is 1.56. The minimum Gasteiger partial charge on any atom is -0.326 e. The summed E-state index contributed by atoms with van der Waals surface area (Å²) >= 11 is 1.61. The normalized spacial score (nSPS) is 17.0. The molecule has 3 rings (SSSR count). The smallest absolute Gasteiger partial charge is 0.0512 e. The van der Waals surface area contributed by atoms with Crippen molar-refractivity contribution in [3.63, 3.8) is 0 Å². The molecule has 1 nitrogen and oxygen atoms in total. The van der Waals surface area contributed by atoms with Gasteiger partial charge in [0.25, 0.3) is 0 Å². The third-order valence-corrected chi connectivity index (χ3v) is 4.21. The van der Waals surface area contributed by atoms with Crippen molar-refractivity contribution >= 4 is 17.6 Å². The van der Waals surface area contributed by atoms with E-state index in [0.29, 0.717) is 0 Å². The van der Waals surface area contributed by atoms with Gasteiger partial charge in [0.2, 0.25) is 0 Å². The lowest BCUT2D eigenvalue weighted by atomic mass is 9.99. The maximum atomic E-state index is 3.76. The van der Waals surface area contributed by atoms with Gasteiger partial charge >= 0.3 is 0 Å². The van der Waals surface area contributed by atoms with Gasteiger partial charge < -0.3 is 4.72 Å². The van der Waals surface area contributed by atoms with Crippen molar-refractivity contribution < 1.29 is 0 Å². The van der Waals surface area contributed by atoms with Crippen molar-refractivity contribution in [1.82, 2.24) is 0 Å². The molecule has 0 amide bonds. The average molecular weight is 231 g/mol. The number of hydrogen-bond acceptors (Lipinski definition) is 2. The zero-order valence-corrected chi connectivity index (χ0v) is 10.3. The Kier molecular flexibility index (Phi) is 2.68. The Bertz CT molecular complexity index is 405. The molecule has 0 bridgehead atoms. The monoisotopic (exact) mass is 231 g/mol. The molecule has 0 unspecified atom stereocenters. The van der Waals surface area contributed by atoms with Crippen molar-refractivity contribution in [2.24, 2.45) is 0 Å². The Hall–Kier alpha value is -0.890. The van der Waals surface area contributed by atoms with Gasteiger partial charge in [0, 0.05) is 0 Å². The summed E-state index contributed by atoms with van der Waals surface area (Å²) in [5.74, 6) is 0. The predicted octanol–water partition coefficient (Wildman–Crippen LogP) is 3.87. The average Bonchev–Trinajstić information content (AvgIpc) is 2.91. The molecule has 0 spiro atoms. The van der Waals surface area contributed by atoms with Crippen LogP contribution in [0.1, 0.15) is 35.1 Å². The molecule has 0 heterocycles. The van der Waals surface area contributed by atoms with E-state index in [1.807, 2.05) is 5.41 Å². The van der Waals surface area contributed by atoms with Gasteiger partial charge in [-0.05, 0) is 78.1 Å². The molecular formula is C14H17NS. The topological polar surface area (TPSA) is 12.0 Å². The first-order valence-corrected chi connectivity index (χ1v) is 6.97. The Labute approximate surface area is 101 Å². The number of fused-ring (bicyclic) bond motifs is 2. The van der Waals surface area contributed by atoms with Gasteiger partial charge in [0.1, 0.15) is 0 Å². The lowest BCUT2D eigenvalue weighted by Crippen LogP contribution is -1.99. The highest BCUT2D eigenvalue weighted by atomic mass is 32.2. The molecule has 2 heteroatoms. The summed E-state index contributed by atoms with van der Waals surface area (Å²) in [6.45, 7) is 3.76. The van der Waals surface area contributed by atoms with Crippen LogP contribution in [0, 0.1) is 0 Å². The highest BCUT2D eigenvalue weighted by Gasteiger charge is 2.23. The van der Waals surface area contributed by atoms with Gasteiger partial charge in [-0.1, -0.05) is 12.6 Å². The first-order valence-electron chi connectivity index (χ1n) is 6.09. The van der Waals surface area contributed by atoms with E-state index >= 15 is 0 Å². The van der Waals surface area contributed by atoms with Crippen LogP contribution in [-0.4, -0.2) is 0 Å². The summed E-state index contributed by atoms with van der Waals surface area (Å²) in [6, 6.07) is 2.47. The molecule has 0 saturated carbocycles. The van der Waals surface area contributed by atoms with E-state index in [4.69, 9.17) is 0 Å². The molecule has 2 aliphatic carbocycles. The summed E-state index contributed by atoms with van der Waals surface area (Å²) in [4.78, 5) is 0. The first-order chi connectivity index (χ1) is 7.90. The molecule has 0 radical (unpaired) electrons. The molecule has 16 heavy (non-hydrogen) atoms. The zero-order valence-electron chi connectivity index (χ0n) is 9.51. The predicted molar refractivity (Wildman–Crippen MR) is 71.9 cm³/mol. The van der Waals surface area contributed by atoms with E-state index in [9.17, 15) is 0 Å². The molecule has 0 saturated heterocycles. The Morgan fingerprint density at radius 1 is 1.06 bits per heavy atom. The Morgan fingerprint density at radius 3 is 2.25 bits per heavy atom. The van der Waals surface area contributed by atoms with Crippen molar-refractivity contribution in [3.05, 3.63) is 40.3 Å². The van der Waals surface area contributed by atoms with E-state index < -0.39 is 0 Å². The molecule has 0 fully saturated rings. The quantitative estimate of drug-likeness (QED) is 0.793. The molecule has 2 aliphatic rings. The van der Waals surface area contributed by atoms with Crippen LogP contribution in [0.15, 0.2) is 18.1 Å². The fourth-order valence-electron chi connectivity index (χ4n) is 3.04. The standard InChI is InChI=1S/C14H17NS/c1-2-16-15-14-12-7-3-5-10(12)9-11-6-4-8-13(11)14/h2,9,15H,1,3-8H2. The highest BCUT2D eigenvalue weighted by molar-refractivity contribution is 8.03. The van der Waals surface area contributed by atoms with Crippen LogP contribution in [0.3, 0.4) is 0 Å². The Morgan fingerprint density at radius 2 is 1.69 bits per heavy atom. The zero-order chi connectivity index (χ0) is 11.0. The number of rotatable bonds is 3. The van der Waals surface area contributed by atoms with E-state index in [1.165, 1.54) is 44.2 Å². The van der Waals surface area contributed by atoms with Crippen LogP contribution in [0.4, 0.5) is 5.69 Å². The molecule has 0 aromatic heterocycles. The van der Waals surface area contributed by atoms with Gasteiger partial charge in [0.05, 0.1) is 5.69 Å². The second-order valence-corrected chi connectivity index (χ2v) is 5.39.